The molecular weight excluding hydrogens is 156 g/mol. The zero-order valence-electron chi connectivity index (χ0n) is 6.53. The molecular formula is C7H10N4O. The average molecular weight is 166 g/mol. The van der Waals surface area contributed by atoms with E-state index in [1.807, 2.05) is 0 Å². The van der Waals surface area contributed by atoms with Gasteiger partial charge in [0.15, 0.2) is 0 Å². The van der Waals surface area contributed by atoms with E-state index < -0.39 is 5.91 Å². The molecule has 1 amide bonds. The highest BCUT2D eigenvalue weighted by atomic mass is 16.1. The Morgan fingerprint density at radius 2 is 2.50 bits per heavy atom. The van der Waals surface area contributed by atoms with Gasteiger partial charge in [0.25, 0.3) is 5.91 Å². The molecule has 0 radical (unpaired) electrons. The van der Waals surface area contributed by atoms with Crippen molar-refractivity contribution in [2.75, 3.05) is 13.1 Å². The summed E-state index contributed by atoms with van der Waals surface area (Å²) in [4.78, 5) is 10.7. The minimum absolute atomic E-state index is 0.387. The number of amides is 1. The number of carbonyl (C=O) groups is 1. The molecule has 0 aliphatic carbocycles. The topological polar surface area (TPSA) is 72.9 Å². The number of nitrogens with zero attached hydrogens (tertiary/aromatic N) is 2. The summed E-state index contributed by atoms with van der Waals surface area (Å²) in [6.07, 6.45) is 3.19. The highest BCUT2D eigenvalue weighted by molar-refractivity contribution is 5.92. The Hall–Kier alpha value is -1.36. The maximum Gasteiger partial charge on any atom is 0.251 e. The summed E-state index contributed by atoms with van der Waals surface area (Å²) in [5, 5.41) is 7.16. The van der Waals surface area contributed by atoms with Crippen molar-refractivity contribution in [3.63, 3.8) is 0 Å². The van der Waals surface area contributed by atoms with Crippen LogP contribution in [0.4, 0.5) is 0 Å². The second kappa shape index (κ2) is 2.60. The molecule has 0 atom stereocenters. The van der Waals surface area contributed by atoms with Crippen molar-refractivity contribution in [2.45, 2.75) is 6.04 Å². The summed E-state index contributed by atoms with van der Waals surface area (Å²) in [6, 6.07) is 0.387. The van der Waals surface area contributed by atoms with Gasteiger partial charge in [-0.3, -0.25) is 9.48 Å². The zero-order valence-corrected chi connectivity index (χ0v) is 6.53. The summed E-state index contributed by atoms with van der Waals surface area (Å²) in [5.74, 6) is -0.423. The SMILES string of the molecule is NC(=O)c1cnn(C2CNC2)c1. The largest absolute Gasteiger partial charge is 0.366 e. The maximum absolute atomic E-state index is 10.7. The Balaban J connectivity index is 2.17. The molecule has 2 rings (SSSR count). The number of nitrogens with two attached hydrogens (primary N) is 1. The van der Waals surface area contributed by atoms with Gasteiger partial charge in [0, 0.05) is 19.3 Å². The number of primary amides is 1. The monoisotopic (exact) mass is 166 g/mol. The minimum Gasteiger partial charge on any atom is -0.366 e. The van der Waals surface area contributed by atoms with E-state index >= 15 is 0 Å². The molecule has 0 aromatic carbocycles. The van der Waals surface area contributed by atoms with E-state index in [4.69, 9.17) is 5.73 Å². The molecule has 2 heterocycles. The minimum atomic E-state index is -0.423. The Morgan fingerprint density at radius 1 is 1.75 bits per heavy atom. The zero-order chi connectivity index (χ0) is 8.55. The molecule has 1 aromatic rings. The van der Waals surface area contributed by atoms with Gasteiger partial charge in [-0.25, -0.2) is 0 Å². The van der Waals surface area contributed by atoms with Crippen LogP contribution in [-0.2, 0) is 0 Å². The lowest BCUT2D eigenvalue weighted by Gasteiger charge is -2.27. The first kappa shape index (κ1) is 7.30. The van der Waals surface area contributed by atoms with E-state index in [-0.39, 0.29) is 0 Å². The molecule has 5 heteroatoms. The van der Waals surface area contributed by atoms with Crippen LogP contribution in [-0.4, -0.2) is 28.8 Å². The van der Waals surface area contributed by atoms with Gasteiger partial charge in [-0.1, -0.05) is 0 Å². The van der Waals surface area contributed by atoms with Gasteiger partial charge in [0.1, 0.15) is 0 Å². The lowest BCUT2D eigenvalue weighted by Crippen LogP contribution is -2.43. The van der Waals surface area contributed by atoms with E-state index in [2.05, 4.69) is 10.4 Å². The van der Waals surface area contributed by atoms with Crippen LogP contribution in [0.1, 0.15) is 16.4 Å². The molecule has 0 unspecified atom stereocenters. The molecule has 5 nitrogen and oxygen atoms in total. The Labute approximate surface area is 69.5 Å². The third-order valence-electron chi connectivity index (χ3n) is 2.02. The van der Waals surface area contributed by atoms with E-state index in [1.165, 1.54) is 6.20 Å². The van der Waals surface area contributed by atoms with Crippen molar-refractivity contribution < 1.29 is 4.79 Å². The number of nitrogens with one attached hydrogen (secondary N) is 1. The number of hydrogen-bond acceptors (Lipinski definition) is 3. The van der Waals surface area contributed by atoms with Gasteiger partial charge in [0.05, 0.1) is 17.8 Å². The summed E-state index contributed by atoms with van der Waals surface area (Å²) in [7, 11) is 0. The fourth-order valence-electron chi connectivity index (χ4n) is 1.13. The van der Waals surface area contributed by atoms with Gasteiger partial charge >= 0.3 is 0 Å². The van der Waals surface area contributed by atoms with Crippen LogP contribution in [0.2, 0.25) is 0 Å². The highest BCUT2D eigenvalue weighted by Gasteiger charge is 2.19. The molecule has 0 bridgehead atoms. The van der Waals surface area contributed by atoms with E-state index in [0.717, 1.165) is 13.1 Å². The number of aromatic nitrogens is 2. The van der Waals surface area contributed by atoms with Gasteiger partial charge in [0.2, 0.25) is 0 Å². The molecule has 12 heavy (non-hydrogen) atoms. The van der Waals surface area contributed by atoms with Gasteiger partial charge in [-0.05, 0) is 0 Å². The first-order chi connectivity index (χ1) is 5.77. The second-order valence-corrected chi connectivity index (χ2v) is 2.89. The summed E-state index contributed by atoms with van der Waals surface area (Å²) in [6.45, 7) is 1.83. The molecule has 1 aliphatic heterocycles. The lowest BCUT2D eigenvalue weighted by molar-refractivity contribution is 0.1000. The van der Waals surface area contributed by atoms with Crippen LogP contribution >= 0.6 is 0 Å². The van der Waals surface area contributed by atoms with Crippen molar-refractivity contribution >= 4 is 5.91 Å². The van der Waals surface area contributed by atoms with Gasteiger partial charge in [-0.2, -0.15) is 5.10 Å². The predicted octanol–water partition coefficient (Wildman–Crippen LogP) is -0.874. The predicted molar refractivity (Wildman–Crippen MR) is 42.7 cm³/mol. The number of carbonyl (C=O) groups excluding carboxylic acids is 1. The van der Waals surface area contributed by atoms with Crippen LogP contribution < -0.4 is 11.1 Å². The Morgan fingerprint density at radius 3 is 2.92 bits per heavy atom. The number of hydrogen-bond donors (Lipinski definition) is 2. The molecule has 1 aliphatic rings. The van der Waals surface area contributed by atoms with Crippen molar-refractivity contribution in [1.29, 1.82) is 0 Å². The molecule has 0 saturated carbocycles. The summed E-state index contributed by atoms with van der Waals surface area (Å²) < 4.78 is 1.77. The van der Waals surface area contributed by atoms with E-state index in [1.54, 1.807) is 10.9 Å². The molecule has 0 spiro atoms. The quantitative estimate of drug-likeness (QED) is 0.599. The normalized spacial score (nSPS) is 17.3. The molecule has 1 fully saturated rings. The first-order valence-electron chi connectivity index (χ1n) is 3.82. The maximum atomic E-state index is 10.7. The van der Waals surface area contributed by atoms with Crippen LogP contribution in [0.3, 0.4) is 0 Å². The molecule has 1 aromatic heterocycles. The van der Waals surface area contributed by atoms with Crippen LogP contribution in [0.5, 0.6) is 0 Å². The Kier molecular flexibility index (Phi) is 1.58. The van der Waals surface area contributed by atoms with Crippen molar-refractivity contribution in [3.05, 3.63) is 18.0 Å². The third kappa shape index (κ3) is 1.08. The average Bonchev–Trinajstić information content (AvgIpc) is 2.32. The summed E-state index contributed by atoms with van der Waals surface area (Å²) >= 11 is 0. The van der Waals surface area contributed by atoms with E-state index in [0.29, 0.717) is 11.6 Å². The molecule has 64 valence electrons. The highest BCUT2D eigenvalue weighted by Crippen LogP contribution is 2.10. The third-order valence-corrected chi connectivity index (χ3v) is 2.02. The first-order valence-corrected chi connectivity index (χ1v) is 3.82. The van der Waals surface area contributed by atoms with Crippen LogP contribution in [0, 0.1) is 0 Å². The van der Waals surface area contributed by atoms with Crippen molar-refractivity contribution in [1.82, 2.24) is 15.1 Å². The fraction of sp³-hybridized carbons (Fsp3) is 0.429. The van der Waals surface area contributed by atoms with Crippen LogP contribution in [0.15, 0.2) is 12.4 Å². The van der Waals surface area contributed by atoms with E-state index in [9.17, 15) is 4.79 Å². The summed E-state index contributed by atoms with van der Waals surface area (Å²) in [5.41, 5.74) is 5.55. The Bertz CT molecular complexity index is 302. The second-order valence-electron chi connectivity index (χ2n) is 2.89. The number of rotatable bonds is 2. The van der Waals surface area contributed by atoms with Gasteiger partial charge < -0.3 is 11.1 Å². The van der Waals surface area contributed by atoms with Gasteiger partial charge in [-0.15, -0.1) is 0 Å². The fourth-order valence-corrected chi connectivity index (χ4v) is 1.13. The molecule has 3 N–H and O–H groups in total. The smallest absolute Gasteiger partial charge is 0.251 e. The lowest BCUT2D eigenvalue weighted by atomic mass is 10.2. The molecule has 1 saturated heterocycles. The standard InChI is InChI=1S/C7H10N4O/c8-7(12)5-1-10-11(4-5)6-2-9-3-6/h1,4,6,9H,2-3H2,(H2,8,12). The van der Waals surface area contributed by atoms with Crippen molar-refractivity contribution in [3.8, 4) is 0 Å². The van der Waals surface area contributed by atoms with Crippen molar-refractivity contribution in [2.24, 2.45) is 5.73 Å². The van der Waals surface area contributed by atoms with Crippen LogP contribution in [0.25, 0.3) is 0 Å².